The lowest BCUT2D eigenvalue weighted by Crippen LogP contribution is -2.55. The zero-order valence-electron chi connectivity index (χ0n) is 11.0. The first-order valence-electron chi connectivity index (χ1n) is 6.56. The van der Waals surface area contributed by atoms with Crippen LogP contribution in [-0.4, -0.2) is 52.4 Å². The second-order valence-electron chi connectivity index (χ2n) is 5.12. The molecule has 0 aromatic carbocycles. The second-order valence-corrected chi connectivity index (χ2v) is 5.12. The van der Waals surface area contributed by atoms with Gasteiger partial charge in [0, 0.05) is 25.9 Å². The molecule has 0 unspecified atom stereocenters. The van der Waals surface area contributed by atoms with Gasteiger partial charge in [-0.05, 0) is 19.3 Å². The van der Waals surface area contributed by atoms with Gasteiger partial charge < -0.3 is 15.3 Å². The Kier molecular flexibility index (Phi) is 3.91. The van der Waals surface area contributed by atoms with E-state index in [4.69, 9.17) is 5.11 Å². The summed E-state index contributed by atoms with van der Waals surface area (Å²) in [5.41, 5.74) is -0.880. The van der Waals surface area contributed by atoms with Crippen LogP contribution in [0.25, 0.3) is 0 Å². The van der Waals surface area contributed by atoms with Gasteiger partial charge in [0.2, 0.25) is 5.91 Å². The molecule has 0 bridgehead atoms. The van der Waals surface area contributed by atoms with Gasteiger partial charge in [-0.3, -0.25) is 19.7 Å². The van der Waals surface area contributed by atoms with Crippen molar-refractivity contribution in [2.45, 2.75) is 37.6 Å². The number of hydrogen-bond acceptors (Lipinski definition) is 4. The molecule has 20 heavy (non-hydrogen) atoms. The topological polar surface area (TPSA) is 116 Å². The fourth-order valence-corrected chi connectivity index (χ4v) is 2.57. The largest absolute Gasteiger partial charge is 0.481 e. The highest BCUT2D eigenvalue weighted by molar-refractivity contribution is 6.07. The maximum atomic E-state index is 11.9. The van der Waals surface area contributed by atoms with Gasteiger partial charge in [0.1, 0.15) is 5.54 Å². The summed E-state index contributed by atoms with van der Waals surface area (Å²) < 4.78 is 0. The summed E-state index contributed by atoms with van der Waals surface area (Å²) in [6, 6.07) is -0.490. The zero-order valence-corrected chi connectivity index (χ0v) is 11.0. The summed E-state index contributed by atoms with van der Waals surface area (Å²) in [4.78, 5) is 46.8. The Labute approximate surface area is 115 Å². The molecule has 0 radical (unpaired) electrons. The molecule has 3 N–H and O–H groups in total. The van der Waals surface area contributed by atoms with Crippen LogP contribution >= 0.6 is 0 Å². The number of imide groups is 1. The highest BCUT2D eigenvalue weighted by Gasteiger charge is 2.48. The van der Waals surface area contributed by atoms with E-state index in [1.807, 2.05) is 0 Å². The zero-order chi connectivity index (χ0) is 14.8. The first kappa shape index (κ1) is 14.3. The number of carbonyl (C=O) groups is 4. The normalized spacial score (nSPS) is 20.7. The number of rotatable bonds is 4. The minimum absolute atomic E-state index is 0.0258. The Balaban J connectivity index is 1.82. The highest BCUT2D eigenvalue weighted by Crippen LogP contribution is 2.25. The number of amides is 4. The minimum Gasteiger partial charge on any atom is -0.481 e. The summed E-state index contributed by atoms with van der Waals surface area (Å²) in [6.07, 6.45) is 1.25. The third-order valence-electron chi connectivity index (χ3n) is 3.77. The molecular weight excluding hydrogens is 266 g/mol. The molecule has 0 saturated carbocycles. The molecule has 0 aliphatic carbocycles. The van der Waals surface area contributed by atoms with Crippen molar-refractivity contribution in [3.63, 3.8) is 0 Å². The number of hydrogen-bond donors (Lipinski definition) is 3. The maximum absolute atomic E-state index is 11.9. The molecule has 2 rings (SSSR count). The van der Waals surface area contributed by atoms with Crippen molar-refractivity contribution < 1.29 is 24.3 Å². The Morgan fingerprint density at radius 3 is 2.35 bits per heavy atom. The SMILES string of the molecule is O=C(O)CCCC(=O)N1CCC2(CC1)NC(=O)NC2=O. The van der Waals surface area contributed by atoms with E-state index in [-0.39, 0.29) is 24.7 Å². The Morgan fingerprint density at radius 1 is 1.20 bits per heavy atom. The Bertz CT molecular complexity index is 454. The number of piperidine rings is 1. The lowest BCUT2D eigenvalue weighted by molar-refractivity contribution is -0.138. The third-order valence-corrected chi connectivity index (χ3v) is 3.77. The van der Waals surface area contributed by atoms with Crippen LogP contribution in [0.1, 0.15) is 32.1 Å². The number of nitrogens with zero attached hydrogens (tertiary/aromatic N) is 1. The molecule has 0 aromatic heterocycles. The molecular formula is C12H17N3O5. The minimum atomic E-state index is -0.916. The first-order valence-corrected chi connectivity index (χ1v) is 6.56. The van der Waals surface area contributed by atoms with Crippen LogP contribution in [0.3, 0.4) is 0 Å². The number of likely N-dealkylation sites (tertiary alicyclic amines) is 1. The van der Waals surface area contributed by atoms with Crippen LogP contribution in [0.2, 0.25) is 0 Å². The highest BCUT2D eigenvalue weighted by atomic mass is 16.4. The predicted octanol–water partition coefficient (Wildman–Crippen LogP) is -0.558. The fourth-order valence-electron chi connectivity index (χ4n) is 2.57. The summed E-state index contributed by atoms with van der Waals surface area (Å²) in [7, 11) is 0. The molecule has 2 aliphatic rings. The number of carbonyl (C=O) groups excluding carboxylic acids is 3. The summed E-state index contributed by atoms with van der Waals surface area (Å²) >= 11 is 0. The first-order chi connectivity index (χ1) is 9.43. The van der Waals surface area contributed by atoms with Crippen LogP contribution in [-0.2, 0) is 14.4 Å². The summed E-state index contributed by atoms with van der Waals surface area (Å²) in [6.45, 7) is 0.777. The van der Waals surface area contributed by atoms with Crippen molar-refractivity contribution in [2.75, 3.05) is 13.1 Å². The maximum Gasteiger partial charge on any atom is 0.322 e. The van der Waals surface area contributed by atoms with E-state index in [0.717, 1.165) is 0 Å². The molecule has 8 heteroatoms. The summed E-state index contributed by atoms with van der Waals surface area (Å²) in [5, 5.41) is 13.4. The van der Waals surface area contributed by atoms with E-state index in [2.05, 4.69) is 10.6 Å². The lowest BCUT2D eigenvalue weighted by Gasteiger charge is -2.37. The number of carboxylic acid groups (broad SMARTS) is 1. The molecule has 4 amide bonds. The Hall–Kier alpha value is -2.12. The molecule has 2 heterocycles. The van der Waals surface area contributed by atoms with Crippen molar-refractivity contribution >= 4 is 23.8 Å². The number of urea groups is 1. The average Bonchev–Trinajstić information content (AvgIpc) is 2.64. The van der Waals surface area contributed by atoms with Crippen LogP contribution in [0, 0.1) is 0 Å². The van der Waals surface area contributed by atoms with Gasteiger partial charge in [-0.25, -0.2) is 4.79 Å². The smallest absolute Gasteiger partial charge is 0.322 e. The van der Waals surface area contributed by atoms with Crippen LogP contribution in [0.15, 0.2) is 0 Å². The fraction of sp³-hybridized carbons (Fsp3) is 0.667. The van der Waals surface area contributed by atoms with E-state index in [9.17, 15) is 19.2 Å². The molecule has 8 nitrogen and oxygen atoms in total. The Morgan fingerprint density at radius 2 is 1.85 bits per heavy atom. The van der Waals surface area contributed by atoms with Crippen LogP contribution < -0.4 is 10.6 Å². The standard InChI is InChI=1S/C12H17N3O5/c16-8(2-1-3-9(17)18)15-6-4-12(5-7-15)10(19)13-11(20)14-12/h1-7H2,(H,17,18)(H2,13,14,19,20). The van der Waals surface area contributed by atoms with E-state index < -0.39 is 17.5 Å². The summed E-state index contributed by atoms with van der Waals surface area (Å²) in [5.74, 6) is -1.35. The van der Waals surface area contributed by atoms with E-state index in [1.54, 1.807) is 4.90 Å². The quantitative estimate of drug-likeness (QED) is 0.598. The lowest BCUT2D eigenvalue weighted by atomic mass is 9.87. The molecule has 1 spiro atoms. The van der Waals surface area contributed by atoms with Crippen molar-refractivity contribution in [3.8, 4) is 0 Å². The van der Waals surface area contributed by atoms with Crippen molar-refractivity contribution in [1.82, 2.24) is 15.5 Å². The van der Waals surface area contributed by atoms with Gasteiger partial charge in [-0.1, -0.05) is 0 Å². The van der Waals surface area contributed by atoms with E-state index in [1.165, 1.54) is 0 Å². The van der Waals surface area contributed by atoms with Gasteiger partial charge in [-0.2, -0.15) is 0 Å². The van der Waals surface area contributed by atoms with Crippen molar-refractivity contribution in [2.24, 2.45) is 0 Å². The van der Waals surface area contributed by atoms with Gasteiger partial charge in [0.15, 0.2) is 0 Å². The van der Waals surface area contributed by atoms with Gasteiger partial charge in [-0.15, -0.1) is 0 Å². The monoisotopic (exact) mass is 283 g/mol. The van der Waals surface area contributed by atoms with E-state index in [0.29, 0.717) is 32.4 Å². The van der Waals surface area contributed by atoms with Crippen molar-refractivity contribution in [1.29, 1.82) is 0 Å². The number of aliphatic carboxylic acids is 1. The number of nitrogens with one attached hydrogen (secondary N) is 2. The van der Waals surface area contributed by atoms with E-state index >= 15 is 0 Å². The van der Waals surface area contributed by atoms with Crippen molar-refractivity contribution in [3.05, 3.63) is 0 Å². The van der Waals surface area contributed by atoms with Crippen LogP contribution in [0.4, 0.5) is 4.79 Å². The van der Waals surface area contributed by atoms with Gasteiger partial charge in [0.05, 0.1) is 0 Å². The molecule has 2 saturated heterocycles. The molecule has 0 aromatic rings. The molecule has 0 atom stereocenters. The van der Waals surface area contributed by atoms with Gasteiger partial charge in [0.25, 0.3) is 5.91 Å². The second kappa shape index (κ2) is 5.48. The molecule has 110 valence electrons. The number of carboxylic acids is 1. The van der Waals surface area contributed by atoms with Gasteiger partial charge >= 0.3 is 12.0 Å². The third kappa shape index (κ3) is 2.89. The predicted molar refractivity (Wildman–Crippen MR) is 66.7 cm³/mol. The average molecular weight is 283 g/mol. The molecule has 2 fully saturated rings. The van der Waals surface area contributed by atoms with Crippen LogP contribution in [0.5, 0.6) is 0 Å². The molecule has 2 aliphatic heterocycles.